The summed E-state index contributed by atoms with van der Waals surface area (Å²) in [6.07, 6.45) is 1.68. The Bertz CT molecular complexity index is 620. The minimum absolute atomic E-state index is 0.326. The molecule has 1 atom stereocenters. The number of halogens is 3. The summed E-state index contributed by atoms with van der Waals surface area (Å²) >= 11 is 6.89. The number of hydrogen-bond donors (Lipinski definition) is 2. The van der Waals surface area contributed by atoms with Crippen LogP contribution in [0.2, 0.25) is 0 Å². The van der Waals surface area contributed by atoms with Gasteiger partial charge < -0.3 is 4.74 Å². The number of nitrogens with two attached hydrogens (primary N) is 1. The van der Waals surface area contributed by atoms with Crippen LogP contribution in [-0.4, -0.2) is 23.5 Å². The largest absolute Gasteiger partial charge is 0.383 e. The summed E-state index contributed by atoms with van der Waals surface area (Å²) in [6.45, 7) is 1.09. The van der Waals surface area contributed by atoms with Gasteiger partial charge in [-0.15, -0.1) is 0 Å². The van der Waals surface area contributed by atoms with Crippen LogP contribution in [0.5, 0.6) is 0 Å². The van der Waals surface area contributed by atoms with Crippen molar-refractivity contribution in [2.75, 3.05) is 13.7 Å². The molecule has 21 heavy (non-hydrogen) atoms. The molecule has 0 saturated heterocycles. The first-order chi connectivity index (χ1) is 10.1. The standard InChI is InChI=1S/C13H15Br2FN4O/c1-21-5-4-20-13(11(15)7-18-20)12(19-17)9-6-8(16)2-3-10(9)14/h2-3,6-7,12,19H,4-5,17H2,1H3. The van der Waals surface area contributed by atoms with Gasteiger partial charge in [0, 0.05) is 11.6 Å². The molecule has 0 aliphatic carbocycles. The smallest absolute Gasteiger partial charge is 0.123 e. The highest BCUT2D eigenvalue weighted by atomic mass is 79.9. The van der Waals surface area contributed by atoms with E-state index in [0.29, 0.717) is 18.7 Å². The molecule has 1 aromatic carbocycles. The first kappa shape index (κ1) is 16.6. The molecule has 8 heteroatoms. The van der Waals surface area contributed by atoms with E-state index in [1.807, 2.05) is 0 Å². The van der Waals surface area contributed by atoms with Gasteiger partial charge in [0.05, 0.1) is 35.6 Å². The maximum absolute atomic E-state index is 13.5. The number of nitrogens with zero attached hydrogens (tertiary/aromatic N) is 2. The molecule has 0 saturated carbocycles. The first-order valence-corrected chi connectivity index (χ1v) is 7.78. The maximum Gasteiger partial charge on any atom is 0.123 e. The van der Waals surface area contributed by atoms with Gasteiger partial charge in [-0.2, -0.15) is 5.10 Å². The topological polar surface area (TPSA) is 65.1 Å². The van der Waals surface area contributed by atoms with Crippen LogP contribution in [0.4, 0.5) is 4.39 Å². The molecular formula is C13H15Br2FN4O. The van der Waals surface area contributed by atoms with Gasteiger partial charge in [-0.05, 0) is 39.7 Å². The predicted molar refractivity (Wildman–Crippen MR) is 85.1 cm³/mol. The number of methoxy groups -OCH3 is 1. The lowest BCUT2D eigenvalue weighted by Gasteiger charge is -2.20. The summed E-state index contributed by atoms with van der Waals surface area (Å²) in [5.41, 5.74) is 4.22. The van der Waals surface area contributed by atoms with Crippen molar-refractivity contribution in [3.8, 4) is 0 Å². The van der Waals surface area contributed by atoms with E-state index in [4.69, 9.17) is 10.6 Å². The number of hydrazine groups is 1. The third kappa shape index (κ3) is 3.70. The van der Waals surface area contributed by atoms with Gasteiger partial charge in [0.1, 0.15) is 5.82 Å². The lowest BCUT2D eigenvalue weighted by molar-refractivity contribution is 0.182. The zero-order chi connectivity index (χ0) is 15.4. The summed E-state index contributed by atoms with van der Waals surface area (Å²) in [7, 11) is 1.63. The highest BCUT2D eigenvalue weighted by Crippen LogP contribution is 2.32. The highest BCUT2D eigenvalue weighted by Gasteiger charge is 2.23. The summed E-state index contributed by atoms with van der Waals surface area (Å²) in [5, 5.41) is 4.28. The molecule has 0 bridgehead atoms. The van der Waals surface area contributed by atoms with Gasteiger partial charge in [0.15, 0.2) is 0 Å². The predicted octanol–water partition coefficient (Wildman–Crippen LogP) is 2.75. The zero-order valence-corrected chi connectivity index (χ0v) is 14.5. The lowest BCUT2D eigenvalue weighted by Crippen LogP contribution is -2.31. The van der Waals surface area contributed by atoms with Crippen LogP contribution in [-0.2, 0) is 11.3 Å². The molecule has 1 heterocycles. The normalized spacial score (nSPS) is 12.6. The van der Waals surface area contributed by atoms with Crippen molar-refractivity contribution in [2.24, 2.45) is 5.84 Å². The number of rotatable bonds is 6. The molecule has 114 valence electrons. The SMILES string of the molecule is COCCn1ncc(Br)c1C(NN)c1cc(F)ccc1Br. The van der Waals surface area contributed by atoms with Gasteiger partial charge in [-0.1, -0.05) is 15.9 Å². The average molecular weight is 422 g/mol. The Labute approximate surface area is 138 Å². The van der Waals surface area contributed by atoms with Crippen molar-refractivity contribution in [1.82, 2.24) is 15.2 Å². The van der Waals surface area contributed by atoms with Crippen LogP contribution in [0, 0.1) is 5.82 Å². The Kier molecular flexibility index (Phi) is 5.88. The van der Waals surface area contributed by atoms with Crippen molar-refractivity contribution in [2.45, 2.75) is 12.6 Å². The van der Waals surface area contributed by atoms with Crippen molar-refractivity contribution >= 4 is 31.9 Å². The number of hydrogen-bond acceptors (Lipinski definition) is 4. The monoisotopic (exact) mass is 420 g/mol. The second-order valence-electron chi connectivity index (χ2n) is 4.36. The molecule has 3 N–H and O–H groups in total. The molecule has 0 aliphatic rings. The number of ether oxygens (including phenoxy) is 1. The van der Waals surface area contributed by atoms with Crippen LogP contribution in [0.1, 0.15) is 17.3 Å². The summed E-state index contributed by atoms with van der Waals surface area (Å²) < 4.78 is 21.9. The summed E-state index contributed by atoms with van der Waals surface area (Å²) in [6, 6.07) is 4.06. The second kappa shape index (κ2) is 7.46. The van der Waals surface area contributed by atoms with Crippen molar-refractivity contribution in [3.05, 3.63) is 50.4 Å². The fourth-order valence-electron chi connectivity index (χ4n) is 2.07. The van der Waals surface area contributed by atoms with Crippen LogP contribution < -0.4 is 11.3 Å². The second-order valence-corrected chi connectivity index (χ2v) is 6.07. The molecule has 2 rings (SSSR count). The van der Waals surface area contributed by atoms with E-state index in [1.54, 1.807) is 24.1 Å². The number of nitrogens with one attached hydrogen (secondary N) is 1. The molecular weight excluding hydrogens is 407 g/mol. The van der Waals surface area contributed by atoms with Crippen LogP contribution >= 0.6 is 31.9 Å². The molecule has 0 aliphatic heterocycles. The van der Waals surface area contributed by atoms with E-state index < -0.39 is 6.04 Å². The molecule has 1 unspecified atom stereocenters. The number of benzene rings is 1. The molecule has 0 amide bonds. The first-order valence-electron chi connectivity index (χ1n) is 6.19. The fraction of sp³-hybridized carbons (Fsp3) is 0.308. The Balaban J connectivity index is 2.46. The lowest BCUT2D eigenvalue weighted by atomic mass is 10.0. The van der Waals surface area contributed by atoms with E-state index in [2.05, 4.69) is 42.4 Å². The van der Waals surface area contributed by atoms with E-state index in [0.717, 1.165) is 14.6 Å². The van der Waals surface area contributed by atoms with E-state index in [-0.39, 0.29) is 5.82 Å². The van der Waals surface area contributed by atoms with E-state index in [1.165, 1.54) is 12.1 Å². The molecule has 0 fully saturated rings. The number of aromatic nitrogens is 2. The maximum atomic E-state index is 13.5. The van der Waals surface area contributed by atoms with Gasteiger partial charge >= 0.3 is 0 Å². The van der Waals surface area contributed by atoms with Gasteiger partial charge in [-0.25, -0.2) is 9.82 Å². The van der Waals surface area contributed by atoms with Crippen LogP contribution in [0.25, 0.3) is 0 Å². The van der Waals surface area contributed by atoms with Crippen molar-refractivity contribution < 1.29 is 9.13 Å². The third-order valence-electron chi connectivity index (χ3n) is 3.05. The van der Waals surface area contributed by atoms with Gasteiger partial charge in [0.2, 0.25) is 0 Å². The third-order valence-corrected chi connectivity index (χ3v) is 4.38. The molecule has 2 aromatic rings. The van der Waals surface area contributed by atoms with Gasteiger partial charge in [0.25, 0.3) is 0 Å². The fourth-order valence-corrected chi connectivity index (χ4v) is 3.07. The molecule has 1 aromatic heterocycles. The quantitative estimate of drug-likeness (QED) is 0.556. The Morgan fingerprint density at radius 2 is 2.19 bits per heavy atom. The van der Waals surface area contributed by atoms with Crippen LogP contribution in [0.15, 0.2) is 33.3 Å². The minimum atomic E-state index is -0.413. The average Bonchev–Trinajstić information content (AvgIpc) is 2.83. The molecule has 5 nitrogen and oxygen atoms in total. The van der Waals surface area contributed by atoms with Gasteiger partial charge in [-0.3, -0.25) is 10.5 Å². The summed E-state index contributed by atoms with van der Waals surface area (Å²) in [4.78, 5) is 0. The highest BCUT2D eigenvalue weighted by molar-refractivity contribution is 9.10. The minimum Gasteiger partial charge on any atom is -0.383 e. The molecule has 0 spiro atoms. The van der Waals surface area contributed by atoms with E-state index >= 15 is 0 Å². The summed E-state index contributed by atoms with van der Waals surface area (Å²) in [5.74, 6) is 5.37. The Morgan fingerprint density at radius 1 is 1.43 bits per heavy atom. The van der Waals surface area contributed by atoms with Crippen LogP contribution in [0.3, 0.4) is 0 Å². The zero-order valence-electron chi connectivity index (χ0n) is 11.3. The Morgan fingerprint density at radius 3 is 2.86 bits per heavy atom. The van der Waals surface area contributed by atoms with Crippen molar-refractivity contribution in [1.29, 1.82) is 0 Å². The molecule has 0 radical (unpaired) electrons. The van der Waals surface area contributed by atoms with E-state index in [9.17, 15) is 4.39 Å². The Hall–Kier alpha value is -0.800. The van der Waals surface area contributed by atoms with Crippen molar-refractivity contribution in [3.63, 3.8) is 0 Å².